The van der Waals surface area contributed by atoms with E-state index in [1.807, 2.05) is 6.26 Å². The molecule has 35 heavy (non-hydrogen) atoms. The number of amides is 3. The standard InChI is InChI=1S/C23H22ClFN6O3S/c1-35-18-19(24)29-21(30-22(18)31-8-10-34-11-9-31)14-4-7-17(16(25)12-14)28-23(33)27-15-5-2-13(3-6-15)20(26)32/h2-7,12H,8-11H2,1H3,(H2,26,32)(H2,27,28,33). The van der Waals surface area contributed by atoms with Crippen LogP contribution in [-0.4, -0.2) is 54.5 Å². The molecular formula is C23H22ClFN6O3S. The van der Waals surface area contributed by atoms with Crippen molar-refractivity contribution in [3.63, 3.8) is 0 Å². The van der Waals surface area contributed by atoms with Crippen molar-refractivity contribution < 1.29 is 18.7 Å². The number of morpholine rings is 1. The summed E-state index contributed by atoms with van der Waals surface area (Å²) in [6.45, 7) is 2.49. The van der Waals surface area contributed by atoms with E-state index in [2.05, 4.69) is 25.5 Å². The average molecular weight is 517 g/mol. The van der Waals surface area contributed by atoms with Crippen molar-refractivity contribution in [3.8, 4) is 11.4 Å². The fourth-order valence-electron chi connectivity index (χ4n) is 3.46. The summed E-state index contributed by atoms with van der Waals surface area (Å²) in [4.78, 5) is 35.3. The van der Waals surface area contributed by atoms with Crippen LogP contribution >= 0.6 is 23.4 Å². The van der Waals surface area contributed by atoms with Gasteiger partial charge in [0.15, 0.2) is 5.82 Å². The first-order valence-corrected chi connectivity index (χ1v) is 12.2. The second-order valence-corrected chi connectivity index (χ2v) is 8.68. The Balaban J connectivity index is 1.52. The number of benzene rings is 2. The summed E-state index contributed by atoms with van der Waals surface area (Å²) in [7, 11) is 0. The smallest absolute Gasteiger partial charge is 0.323 e. The normalized spacial score (nSPS) is 13.4. The fourth-order valence-corrected chi connectivity index (χ4v) is 4.43. The number of hydrogen-bond acceptors (Lipinski definition) is 7. The first-order valence-electron chi connectivity index (χ1n) is 10.6. The molecule has 0 atom stereocenters. The van der Waals surface area contributed by atoms with Gasteiger partial charge >= 0.3 is 6.03 Å². The molecule has 3 aromatic rings. The number of nitrogens with zero attached hydrogens (tertiary/aromatic N) is 3. The van der Waals surface area contributed by atoms with E-state index >= 15 is 0 Å². The summed E-state index contributed by atoms with van der Waals surface area (Å²) in [5, 5.41) is 5.31. The van der Waals surface area contributed by atoms with Gasteiger partial charge in [-0.05, 0) is 48.7 Å². The topological polar surface area (TPSA) is 122 Å². The molecule has 2 heterocycles. The Morgan fingerprint density at radius 2 is 1.83 bits per heavy atom. The maximum absolute atomic E-state index is 14.9. The van der Waals surface area contributed by atoms with Crippen LogP contribution in [0, 0.1) is 5.82 Å². The van der Waals surface area contributed by atoms with Gasteiger partial charge in [0.25, 0.3) is 0 Å². The molecule has 0 radical (unpaired) electrons. The quantitative estimate of drug-likeness (QED) is 0.331. The molecule has 0 aliphatic carbocycles. The number of halogens is 2. The molecule has 1 saturated heterocycles. The van der Waals surface area contributed by atoms with E-state index in [9.17, 15) is 14.0 Å². The van der Waals surface area contributed by atoms with Crippen molar-refractivity contribution in [2.75, 3.05) is 48.1 Å². The third kappa shape index (κ3) is 5.81. The van der Waals surface area contributed by atoms with Gasteiger partial charge in [-0.1, -0.05) is 11.6 Å². The number of hydrogen-bond donors (Lipinski definition) is 3. The Labute approximate surface area is 210 Å². The minimum atomic E-state index is -0.664. The predicted octanol–water partition coefficient (Wildman–Crippen LogP) is 4.24. The number of nitrogens with two attached hydrogens (primary N) is 1. The van der Waals surface area contributed by atoms with Gasteiger partial charge in [-0.25, -0.2) is 19.2 Å². The molecule has 12 heteroatoms. The number of aromatic nitrogens is 2. The Morgan fingerprint density at radius 3 is 2.46 bits per heavy atom. The summed E-state index contributed by atoms with van der Waals surface area (Å²) in [5.41, 5.74) is 6.31. The Morgan fingerprint density at radius 1 is 1.11 bits per heavy atom. The molecular weight excluding hydrogens is 495 g/mol. The highest BCUT2D eigenvalue weighted by Crippen LogP contribution is 2.35. The van der Waals surface area contributed by atoms with Crippen molar-refractivity contribution in [1.29, 1.82) is 0 Å². The van der Waals surface area contributed by atoms with Gasteiger partial charge in [0.2, 0.25) is 5.91 Å². The van der Waals surface area contributed by atoms with E-state index in [0.717, 1.165) is 4.90 Å². The molecule has 1 fully saturated rings. The number of carbonyl (C=O) groups is 2. The van der Waals surface area contributed by atoms with Crippen LogP contribution in [0.5, 0.6) is 0 Å². The van der Waals surface area contributed by atoms with E-state index in [4.69, 9.17) is 22.1 Å². The summed E-state index contributed by atoms with van der Waals surface area (Å²) in [6, 6.07) is 9.61. The van der Waals surface area contributed by atoms with Crippen LogP contribution in [-0.2, 0) is 4.74 Å². The molecule has 9 nitrogen and oxygen atoms in total. The largest absolute Gasteiger partial charge is 0.378 e. The highest BCUT2D eigenvalue weighted by atomic mass is 35.5. The number of primary amides is 1. The number of urea groups is 1. The second kappa shape index (κ2) is 10.9. The molecule has 182 valence electrons. The number of ether oxygens (including phenoxy) is 1. The van der Waals surface area contributed by atoms with Gasteiger partial charge in [0.1, 0.15) is 16.8 Å². The summed E-state index contributed by atoms with van der Waals surface area (Å²) < 4.78 is 20.3. The first-order chi connectivity index (χ1) is 16.9. The lowest BCUT2D eigenvalue weighted by Gasteiger charge is -2.29. The van der Waals surface area contributed by atoms with Crippen molar-refractivity contribution in [2.24, 2.45) is 5.73 Å². The van der Waals surface area contributed by atoms with Gasteiger partial charge in [-0.3, -0.25) is 4.79 Å². The minimum Gasteiger partial charge on any atom is -0.378 e. The van der Waals surface area contributed by atoms with Crippen molar-refractivity contribution >= 4 is 52.5 Å². The molecule has 0 spiro atoms. The van der Waals surface area contributed by atoms with E-state index in [1.54, 1.807) is 6.07 Å². The fraction of sp³-hybridized carbons (Fsp3) is 0.217. The SMILES string of the molecule is CSc1c(Cl)nc(-c2ccc(NC(=O)Nc3ccc(C(N)=O)cc3)c(F)c2)nc1N1CCOCC1. The molecule has 1 aliphatic rings. The zero-order valence-corrected chi connectivity index (χ0v) is 20.3. The molecule has 4 N–H and O–H groups in total. The third-order valence-corrected chi connectivity index (χ3v) is 6.39. The number of thioether (sulfide) groups is 1. The van der Waals surface area contributed by atoms with Crippen LogP contribution in [0.1, 0.15) is 10.4 Å². The predicted molar refractivity (Wildman–Crippen MR) is 135 cm³/mol. The highest BCUT2D eigenvalue weighted by molar-refractivity contribution is 7.98. The monoisotopic (exact) mass is 516 g/mol. The zero-order valence-electron chi connectivity index (χ0n) is 18.7. The van der Waals surface area contributed by atoms with Crippen LogP contribution in [0.2, 0.25) is 5.15 Å². The number of anilines is 3. The molecule has 1 aromatic heterocycles. The van der Waals surface area contributed by atoms with Crippen LogP contribution in [0.3, 0.4) is 0 Å². The molecule has 1 aliphatic heterocycles. The lowest BCUT2D eigenvalue weighted by Crippen LogP contribution is -2.37. The molecule has 3 amide bonds. The summed E-state index contributed by atoms with van der Waals surface area (Å²) >= 11 is 7.88. The maximum Gasteiger partial charge on any atom is 0.323 e. The van der Waals surface area contributed by atoms with Gasteiger partial charge in [-0.2, -0.15) is 0 Å². The lowest BCUT2D eigenvalue weighted by molar-refractivity contribution is 0.1000. The number of nitrogens with one attached hydrogen (secondary N) is 2. The molecule has 0 unspecified atom stereocenters. The van der Waals surface area contributed by atoms with Gasteiger partial charge in [0.05, 0.1) is 23.8 Å². The third-order valence-electron chi connectivity index (χ3n) is 5.22. The van der Waals surface area contributed by atoms with E-state index in [-0.39, 0.29) is 16.7 Å². The van der Waals surface area contributed by atoms with E-state index in [1.165, 1.54) is 48.2 Å². The van der Waals surface area contributed by atoms with E-state index < -0.39 is 17.8 Å². The van der Waals surface area contributed by atoms with Crippen LogP contribution in [0.15, 0.2) is 47.4 Å². The van der Waals surface area contributed by atoms with Crippen molar-refractivity contribution in [1.82, 2.24) is 9.97 Å². The number of carbonyl (C=O) groups excluding carboxylic acids is 2. The first kappa shape index (κ1) is 24.7. The molecule has 2 aromatic carbocycles. The molecule has 4 rings (SSSR count). The van der Waals surface area contributed by atoms with Crippen LogP contribution in [0.25, 0.3) is 11.4 Å². The molecule has 0 bridgehead atoms. The van der Waals surface area contributed by atoms with Crippen LogP contribution in [0.4, 0.5) is 26.4 Å². The van der Waals surface area contributed by atoms with Crippen LogP contribution < -0.4 is 21.3 Å². The highest BCUT2D eigenvalue weighted by Gasteiger charge is 2.21. The molecule has 0 saturated carbocycles. The average Bonchev–Trinajstić information content (AvgIpc) is 2.85. The minimum absolute atomic E-state index is 0.0276. The summed E-state index contributed by atoms with van der Waals surface area (Å²) in [6.07, 6.45) is 1.89. The Bertz CT molecular complexity index is 1250. The summed E-state index contributed by atoms with van der Waals surface area (Å²) in [5.74, 6) is -0.282. The van der Waals surface area contributed by atoms with Gasteiger partial charge in [0, 0.05) is 29.9 Å². The van der Waals surface area contributed by atoms with Crippen molar-refractivity contribution in [2.45, 2.75) is 4.90 Å². The van der Waals surface area contributed by atoms with Gasteiger partial charge in [-0.15, -0.1) is 11.8 Å². The number of rotatable bonds is 6. The van der Waals surface area contributed by atoms with Gasteiger partial charge < -0.3 is 26.0 Å². The second-order valence-electron chi connectivity index (χ2n) is 7.51. The maximum atomic E-state index is 14.9. The lowest BCUT2D eigenvalue weighted by atomic mass is 10.2. The zero-order chi connectivity index (χ0) is 24.9. The Hall–Kier alpha value is -3.41. The van der Waals surface area contributed by atoms with Crippen molar-refractivity contribution in [3.05, 3.63) is 59.0 Å². The van der Waals surface area contributed by atoms with E-state index in [0.29, 0.717) is 48.9 Å². The Kier molecular flexibility index (Phi) is 7.69.